The van der Waals surface area contributed by atoms with Gasteiger partial charge in [-0.2, -0.15) is 0 Å². The van der Waals surface area contributed by atoms with Crippen molar-refractivity contribution in [2.75, 3.05) is 40.8 Å². The molecule has 0 radical (unpaired) electrons. The van der Waals surface area contributed by atoms with Crippen LogP contribution in [0.2, 0.25) is 0 Å². The molecule has 4 nitrogen and oxygen atoms in total. The Balaban J connectivity index is 2.08. The lowest BCUT2D eigenvalue weighted by atomic mass is 10.0. The summed E-state index contributed by atoms with van der Waals surface area (Å²) < 4.78 is 5.25. The first-order valence-corrected chi connectivity index (χ1v) is 15.1. The van der Waals surface area contributed by atoms with Crippen molar-refractivity contribution in [3.63, 3.8) is 0 Å². The maximum atomic E-state index is 12.9. The van der Waals surface area contributed by atoms with Gasteiger partial charge in [0.15, 0.2) is 0 Å². The average Bonchev–Trinajstić information content (AvgIpc) is 2.88. The first-order chi connectivity index (χ1) is 17.6. The van der Waals surface area contributed by atoms with Crippen LogP contribution in [0.25, 0.3) is 0 Å². The molecule has 0 spiro atoms. The number of amides is 1. The molecule has 0 aliphatic heterocycles. The minimum absolute atomic E-state index is 0.315. The quantitative estimate of drug-likeness (QED) is 0.133. The normalized spacial score (nSPS) is 11.2. The van der Waals surface area contributed by atoms with E-state index in [2.05, 4.69) is 43.0 Å². The van der Waals surface area contributed by atoms with E-state index in [0.717, 1.165) is 38.2 Å². The Kier molecular flexibility index (Phi) is 20.4. The highest BCUT2D eigenvalue weighted by molar-refractivity contribution is 5.76. The molecule has 36 heavy (non-hydrogen) atoms. The predicted molar refractivity (Wildman–Crippen MR) is 156 cm³/mol. The molecule has 0 saturated heterocycles. The molecule has 0 bridgehead atoms. The van der Waals surface area contributed by atoms with Gasteiger partial charge in [-0.3, -0.25) is 4.79 Å². The molecular weight excluding hydrogens is 444 g/mol. The summed E-state index contributed by atoms with van der Waals surface area (Å²) in [5, 5.41) is 0. The van der Waals surface area contributed by atoms with Crippen molar-refractivity contribution in [1.82, 2.24) is 9.80 Å². The van der Waals surface area contributed by atoms with Gasteiger partial charge in [0.25, 0.3) is 0 Å². The number of hydrogen-bond acceptors (Lipinski definition) is 3. The zero-order valence-corrected chi connectivity index (χ0v) is 24.4. The van der Waals surface area contributed by atoms with Gasteiger partial charge in [0, 0.05) is 26.1 Å². The van der Waals surface area contributed by atoms with Crippen molar-refractivity contribution >= 4 is 5.91 Å². The van der Waals surface area contributed by atoms with E-state index in [1.54, 1.807) is 7.11 Å². The van der Waals surface area contributed by atoms with Crippen molar-refractivity contribution < 1.29 is 9.53 Å². The lowest BCUT2D eigenvalue weighted by Crippen LogP contribution is -2.38. The minimum atomic E-state index is 0.315. The van der Waals surface area contributed by atoms with Crippen LogP contribution in [-0.4, -0.2) is 56.5 Å². The monoisotopic (exact) mass is 502 g/mol. The number of methoxy groups -OCH3 is 1. The summed E-state index contributed by atoms with van der Waals surface area (Å²) in [4.78, 5) is 17.1. The summed E-state index contributed by atoms with van der Waals surface area (Å²) in [6.07, 6.45) is 23.4. The third kappa shape index (κ3) is 17.8. The number of ether oxygens (including phenoxy) is 1. The first kappa shape index (κ1) is 32.5. The molecule has 0 aliphatic carbocycles. The molecule has 1 aromatic carbocycles. The highest BCUT2D eigenvalue weighted by atomic mass is 16.5. The number of benzene rings is 1. The van der Waals surface area contributed by atoms with Crippen LogP contribution in [0, 0.1) is 0 Å². The molecule has 4 heteroatoms. The molecule has 0 saturated carbocycles. The maximum Gasteiger partial charge on any atom is 0.222 e. The molecule has 0 aliphatic rings. The maximum absolute atomic E-state index is 12.9. The zero-order chi connectivity index (χ0) is 26.3. The van der Waals surface area contributed by atoms with E-state index >= 15 is 0 Å². The molecule has 0 heterocycles. The lowest BCUT2D eigenvalue weighted by Gasteiger charge is -2.24. The van der Waals surface area contributed by atoms with E-state index in [9.17, 15) is 4.79 Å². The predicted octanol–water partition coefficient (Wildman–Crippen LogP) is 8.28. The summed E-state index contributed by atoms with van der Waals surface area (Å²) >= 11 is 0. The van der Waals surface area contributed by atoms with E-state index < -0.39 is 0 Å². The van der Waals surface area contributed by atoms with Gasteiger partial charge in [0.05, 0.1) is 7.11 Å². The minimum Gasteiger partial charge on any atom is -0.497 e. The number of rotatable bonds is 24. The standard InChI is InChI=1S/C32H58N2O2/c1-5-6-7-8-9-10-11-12-13-14-15-16-17-18-19-20-21-32(35)34(29-28-33(2)3)27-26-30-22-24-31(36-4)25-23-30/h22-25H,5-21,26-29H2,1-4H3. The fraction of sp³-hybridized carbons (Fsp3) is 0.781. The first-order valence-electron chi connectivity index (χ1n) is 15.1. The molecular formula is C32H58N2O2. The fourth-order valence-electron chi connectivity index (χ4n) is 4.72. The van der Waals surface area contributed by atoms with Crippen molar-refractivity contribution in [2.24, 2.45) is 0 Å². The van der Waals surface area contributed by atoms with Gasteiger partial charge in [-0.15, -0.1) is 0 Å². The number of likely N-dealkylation sites (N-methyl/N-ethyl adjacent to an activating group) is 1. The Bertz CT molecular complexity index is 630. The van der Waals surface area contributed by atoms with Crippen molar-refractivity contribution in [3.05, 3.63) is 29.8 Å². The molecule has 0 fully saturated rings. The Morgan fingerprint density at radius 3 is 1.58 bits per heavy atom. The van der Waals surface area contributed by atoms with E-state index in [-0.39, 0.29) is 0 Å². The largest absolute Gasteiger partial charge is 0.497 e. The summed E-state index contributed by atoms with van der Waals surface area (Å²) in [7, 11) is 5.83. The fourth-order valence-corrected chi connectivity index (χ4v) is 4.72. The van der Waals surface area contributed by atoms with Crippen LogP contribution in [0.3, 0.4) is 0 Å². The van der Waals surface area contributed by atoms with Gasteiger partial charge in [0.2, 0.25) is 5.91 Å². The number of unbranched alkanes of at least 4 members (excludes halogenated alkanes) is 15. The van der Waals surface area contributed by atoms with E-state index in [1.165, 1.54) is 102 Å². The van der Waals surface area contributed by atoms with Crippen LogP contribution in [0.15, 0.2) is 24.3 Å². The molecule has 208 valence electrons. The Labute approximate surface area is 224 Å². The van der Waals surface area contributed by atoms with Crippen LogP contribution in [-0.2, 0) is 11.2 Å². The van der Waals surface area contributed by atoms with Gasteiger partial charge in [-0.25, -0.2) is 0 Å². The average molecular weight is 503 g/mol. The molecule has 0 aromatic heterocycles. The van der Waals surface area contributed by atoms with Crippen LogP contribution in [0.1, 0.15) is 122 Å². The van der Waals surface area contributed by atoms with Gasteiger partial charge in [-0.1, -0.05) is 115 Å². The third-order valence-corrected chi connectivity index (χ3v) is 7.24. The summed E-state index contributed by atoms with van der Waals surface area (Å²) in [6.45, 7) is 4.79. The van der Waals surface area contributed by atoms with Gasteiger partial charge >= 0.3 is 0 Å². The highest BCUT2D eigenvalue weighted by Crippen LogP contribution is 2.15. The van der Waals surface area contributed by atoms with Crippen LogP contribution in [0.5, 0.6) is 5.75 Å². The Hall–Kier alpha value is -1.55. The second-order valence-electron chi connectivity index (χ2n) is 10.8. The number of carbonyl (C=O) groups is 1. The zero-order valence-electron chi connectivity index (χ0n) is 24.4. The Morgan fingerprint density at radius 2 is 1.14 bits per heavy atom. The van der Waals surface area contributed by atoms with Crippen LogP contribution < -0.4 is 4.74 Å². The van der Waals surface area contributed by atoms with Crippen LogP contribution in [0.4, 0.5) is 0 Å². The summed E-state index contributed by atoms with van der Waals surface area (Å²) in [6, 6.07) is 8.20. The van der Waals surface area contributed by atoms with E-state index in [0.29, 0.717) is 12.3 Å². The van der Waals surface area contributed by atoms with E-state index in [4.69, 9.17) is 4.74 Å². The molecule has 1 amide bonds. The molecule has 0 N–H and O–H groups in total. The van der Waals surface area contributed by atoms with Crippen LogP contribution >= 0.6 is 0 Å². The number of carbonyl (C=O) groups excluding carboxylic acids is 1. The molecule has 1 aromatic rings. The Morgan fingerprint density at radius 1 is 0.667 bits per heavy atom. The second-order valence-corrected chi connectivity index (χ2v) is 10.8. The SMILES string of the molecule is CCCCCCCCCCCCCCCCCCC(=O)N(CCc1ccc(OC)cc1)CCN(C)C. The highest BCUT2D eigenvalue weighted by Gasteiger charge is 2.13. The number of nitrogens with zero attached hydrogens (tertiary/aromatic N) is 2. The van der Waals surface area contributed by atoms with Crippen molar-refractivity contribution in [1.29, 1.82) is 0 Å². The van der Waals surface area contributed by atoms with Gasteiger partial charge in [-0.05, 0) is 44.6 Å². The van der Waals surface area contributed by atoms with Crippen molar-refractivity contribution in [2.45, 2.75) is 122 Å². The lowest BCUT2D eigenvalue weighted by molar-refractivity contribution is -0.131. The number of hydrogen-bond donors (Lipinski definition) is 0. The molecule has 0 unspecified atom stereocenters. The summed E-state index contributed by atoms with van der Waals surface area (Å²) in [5.41, 5.74) is 1.25. The molecule has 1 rings (SSSR count). The topological polar surface area (TPSA) is 32.8 Å². The third-order valence-electron chi connectivity index (χ3n) is 7.24. The van der Waals surface area contributed by atoms with Gasteiger partial charge < -0.3 is 14.5 Å². The van der Waals surface area contributed by atoms with Gasteiger partial charge in [0.1, 0.15) is 5.75 Å². The second kappa shape index (κ2) is 22.6. The van der Waals surface area contributed by atoms with Crippen molar-refractivity contribution in [3.8, 4) is 5.75 Å². The summed E-state index contributed by atoms with van der Waals surface area (Å²) in [5.74, 6) is 1.19. The van der Waals surface area contributed by atoms with E-state index in [1.807, 2.05) is 12.1 Å². The smallest absolute Gasteiger partial charge is 0.222 e. The molecule has 0 atom stereocenters.